The lowest BCUT2D eigenvalue weighted by atomic mass is 9.82. The summed E-state index contributed by atoms with van der Waals surface area (Å²) in [5, 5.41) is 7.15. The predicted molar refractivity (Wildman–Crippen MR) is 140 cm³/mol. The van der Waals surface area contributed by atoms with Crippen LogP contribution in [0.3, 0.4) is 0 Å². The number of fused-ring (bicyclic) bond motifs is 3. The zero-order chi connectivity index (χ0) is 21.9. The van der Waals surface area contributed by atoms with Crippen LogP contribution in [0.25, 0.3) is 52.8 Å². The lowest BCUT2D eigenvalue weighted by Gasteiger charge is -2.22. The summed E-state index contributed by atoms with van der Waals surface area (Å²) in [5.41, 5.74) is 4.68. The quantitative estimate of drug-likeness (QED) is 0.264. The molecule has 0 radical (unpaired) electrons. The van der Waals surface area contributed by atoms with Crippen LogP contribution in [-0.2, 0) is 5.41 Å². The van der Waals surface area contributed by atoms with E-state index in [1.54, 1.807) is 22.7 Å². The van der Waals surface area contributed by atoms with Gasteiger partial charge < -0.3 is 0 Å². The van der Waals surface area contributed by atoms with Crippen LogP contribution in [0.5, 0.6) is 0 Å². The molecule has 0 N–H and O–H groups in total. The van der Waals surface area contributed by atoms with Crippen LogP contribution >= 0.6 is 22.7 Å². The third-order valence-electron chi connectivity index (χ3n) is 5.99. The smallest absolute Gasteiger partial charge is 0.0888 e. The van der Waals surface area contributed by atoms with Crippen LogP contribution in [0.2, 0.25) is 0 Å². The third-order valence-corrected chi connectivity index (χ3v) is 8.04. The minimum absolute atomic E-state index is 0.0443. The van der Waals surface area contributed by atoms with Crippen molar-refractivity contribution in [2.75, 3.05) is 0 Å². The molecule has 0 aliphatic heterocycles. The molecule has 4 heterocycles. The summed E-state index contributed by atoms with van der Waals surface area (Å²) >= 11 is 3.55. The third kappa shape index (κ3) is 3.14. The highest BCUT2D eigenvalue weighted by atomic mass is 32.1. The van der Waals surface area contributed by atoms with Crippen LogP contribution in [-0.4, -0.2) is 9.97 Å². The highest BCUT2D eigenvalue weighted by Crippen LogP contribution is 2.42. The van der Waals surface area contributed by atoms with Gasteiger partial charge in [0.05, 0.1) is 21.0 Å². The molecule has 2 aromatic carbocycles. The van der Waals surface area contributed by atoms with E-state index in [0.29, 0.717) is 0 Å². The lowest BCUT2D eigenvalue weighted by Crippen LogP contribution is -2.12. The lowest BCUT2D eigenvalue weighted by molar-refractivity contribution is 0.596. The number of pyridine rings is 2. The summed E-state index contributed by atoms with van der Waals surface area (Å²) in [5.74, 6) is 0. The normalized spacial score (nSPS) is 12.2. The molecular weight excluding hydrogens is 428 g/mol. The van der Waals surface area contributed by atoms with Crippen molar-refractivity contribution in [1.29, 1.82) is 0 Å². The number of rotatable bonds is 2. The fourth-order valence-electron chi connectivity index (χ4n) is 4.45. The second kappa shape index (κ2) is 7.22. The first-order valence-electron chi connectivity index (χ1n) is 10.7. The maximum absolute atomic E-state index is 4.86. The molecule has 0 spiro atoms. The summed E-state index contributed by atoms with van der Waals surface area (Å²) in [6, 6.07) is 21.9. The van der Waals surface area contributed by atoms with Gasteiger partial charge in [-0.05, 0) is 68.9 Å². The van der Waals surface area contributed by atoms with Gasteiger partial charge in [-0.1, -0.05) is 45.0 Å². The number of hydrogen-bond acceptors (Lipinski definition) is 4. The molecule has 4 heteroatoms. The van der Waals surface area contributed by atoms with Gasteiger partial charge in [0.25, 0.3) is 0 Å². The maximum atomic E-state index is 4.86. The first kappa shape index (κ1) is 19.6. The zero-order valence-corrected chi connectivity index (χ0v) is 19.8. The van der Waals surface area contributed by atoms with Crippen molar-refractivity contribution in [1.82, 2.24) is 9.97 Å². The van der Waals surface area contributed by atoms with Gasteiger partial charge in [0.15, 0.2) is 0 Å². The van der Waals surface area contributed by atoms with Gasteiger partial charge in [-0.25, -0.2) is 0 Å². The molecule has 32 heavy (non-hydrogen) atoms. The van der Waals surface area contributed by atoms with E-state index in [0.717, 1.165) is 11.4 Å². The highest BCUT2D eigenvalue weighted by molar-refractivity contribution is 7.23. The Hall–Kier alpha value is -3.08. The van der Waals surface area contributed by atoms with E-state index in [1.807, 2.05) is 12.4 Å². The molecule has 0 amide bonds. The standard InChI is InChI=1S/C28H22N2S2/c1-28(2,3)22-15-19(14-17-6-4-5-7-20(17)22)25-27-18(8-11-29-25)16-24(32-27)26-21-10-13-31-23(21)9-12-30-26/h4-16H,1-3H3. The number of hydrogen-bond donors (Lipinski definition) is 0. The van der Waals surface area contributed by atoms with E-state index in [1.165, 1.54) is 46.9 Å². The van der Waals surface area contributed by atoms with Crippen LogP contribution in [0.15, 0.2) is 78.4 Å². The van der Waals surface area contributed by atoms with Crippen molar-refractivity contribution in [2.24, 2.45) is 0 Å². The van der Waals surface area contributed by atoms with Crippen molar-refractivity contribution in [2.45, 2.75) is 26.2 Å². The molecule has 0 aliphatic rings. The zero-order valence-electron chi connectivity index (χ0n) is 18.2. The van der Waals surface area contributed by atoms with Gasteiger partial charge >= 0.3 is 0 Å². The Morgan fingerprint density at radius 1 is 0.750 bits per heavy atom. The van der Waals surface area contributed by atoms with Gasteiger partial charge in [0, 0.05) is 28.0 Å². The molecular formula is C28H22N2S2. The number of thiophene rings is 2. The number of benzene rings is 2. The summed E-state index contributed by atoms with van der Waals surface area (Å²) < 4.78 is 2.49. The SMILES string of the molecule is CC(C)(C)c1cc(-c2nccc3cc(-c4nccc5sccc45)sc23)cc2ccccc12. The van der Waals surface area contributed by atoms with Gasteiger partial charge in [0.1, 0.15) is 0 Å². The minimum atomic E-state index is 0.0443. The maximum Gasteiger partial charge on any atom is 0.0888 e. The fraction of sp³-hybridized carbons (Fsp3) is 0.143. The minimum Gasteiger partial charge on any atom is -0.255 e. The molecule has 0 bridgehead atoms. The average Bonchev–Trinajstić information content (AvgIpc) is 3.44. The Labute approximate surface area is 195 Å². The van der Waals surface area contributed by atoms with E-state index in [2.05, 4.69) is 86.8 Å². The highest BCUT2D eigenvalue weighted by Gasteiger charge is 2.20. The summed E-state index contributed by atoms with van der Waals surface area (Å²) in [6.07, 6.45) is 3.84. The van der Waals surface area contributed by atoms with Crippen LogP contribution < -0.4 is 0 Å². The average molecular weight is 451 g/mol. The Balaban J connectivity index is 1.60. The van der Waals surface area contributed by atoms with Gasteiger partial charge in [-0.2, -0.15) is 0 Å². The molecule has 0 saturated carbocycles. The molecule has 0 fully saturated rings. The molecule has 0 atom stereocenters. The summed E-state index contributed by atoms with van der Waals surface area (Å²) in [4.78, 5) is 10.8. The van der Waals surface area contributed by atoms with Gasteiger partial charge in [-0.15, -0.1) is 22.7 Å². The molecule has 0 aliphatic carbocycles. The van der Waals surface area contributed by atoms with E-state index in [9.17, 15) is 0 Å². The molecule has 4 aromatic heterocycles. The largest absolute Gasteiger partial charge is 0.255 e. The van der Waals surface area contributed by atoms with Crippen LogP contribution in [0, 0.1) is 0 Å². The predicted octanol–water partition coefficient (Wildman–Crippen LogP) is 8.69. The van der Waals surface area contributed by atoms with E-state index in [-0.39, 0.29) is 5.41 Å². The topological polar surface area (TPSA) is 25.8 Å². The Morgan fingerprint density at radius 2 is 1.56 bits per heavy atom. The number of aromatic nitrogens is 2. The molecule has 156 valence electrons. The van der Waals surface area contributed by atoms with E-state index in [4.69, 9.17) is 9.97 Å². The van der Waals surface area contributed by atoms with Crippen molar-refractivity contribution in [3.63, 3.8) is 0 Å². The summed E-state index contributed by atoms with van der Waals surface area (Å²) in [7, 11) is 0. The molecule has 6 aromatic rings. The Kier molecular flexibility index (Phi) is 4.42. The van der Waals surface area contributed by atoms with Crippen molar-refractivity contribution < 1.29 is 0 Å². The van der Waals surface area contributed by atoms with Crippen LogP contribution in [0.4, 0.5) is 0 Å². The second-order valence-electron chi connectivity index (χ2n) is 9.18. The van der Waals surface area contributed by atoms with Crippen molar-refractivity contribution >= 4 is 53.6 Å². The summed E-state index contributed by atoms with van der Waals surface area (Å²) in [6.45, 7) is 6.84. The second-order valence-corrected chi connectivity index (χ2v) is 11.2. The Bertz CT molecular complexity index is 1620. The molecule has 6 rings (SSSR count). The van der Waals surface area contributed by atoms with Crippen molar-refractivity contribution in [3.8, 4) is 21.8 Å². The Morgan fingerprint density at radius 3 is 2.44 bits per heavy atom. The molecule has 0 saturated heterocycles. The molecule has 2 nitrogen and oxygen atoms in total. The molecule has 0 unspecified atom stereocenters. The van der Waals surface area contributed by atoms with Crippen LogP contribution in [0.1, 0.15) is 26.3 Å². The fourth-order valence-corrected chi connectivity index (χ4v) is 6.40. The van der Waals surface area contributed by atoms with E-state index >= 15 is 0 Å². The van der Waals surface area contributed by atoms with Gasteiger partial charge in [0.2, 0.25) is 0 Å². The van der Waals surface area contributed by atoms with E-state index < -0.39 is 0 Å². The van der Waals surface area contributed by atoms with Gasteiger partial charge in [-0.3, -0.25) is 9.97 Å². The monoisotopic (exact) mass is 450 g/mol. The van der Waals surface area contributed by atoms with Crippen molar-refractivity contribution in [3.05, 3.63) is 84.0 Å². The number of nitrogens with zero attached hydrogens (tertiary/aromatic N) is 2. The first-order chi connectivity index (χ1) is 15.5. The first-order valence-corrected chi connectivity index (χ1v) is 12.4.